The van der Waals surface area contributed by atoms with E-state index >= 15 is 0 Å². The molecule has 30 heavy (non-hydrogen) atoms. The first-order chi connectivity index (χ1) is 14.6. The molecule has 3 aromatic rings. The number of hydrogen-bond acceptors (Lipinski definition) is 3. The molecule has 7 heteroatoms. The van der Waals surface area contributed by atoms with Crippen molar-refractivity contribution in [1.29, 1.82) is 0 Å². The van der Waals surface area contributed by atoms with Crippen molar-refractivity contribution in [1.82, 2.24) is 15.4 Å². The van der Waals surface area contributed by atoms with Crippen LogP contribution >= 0.6 is 15.9 Å². The van der Waals surface area contributed by atoms with Crippen molar-refractivity contribution in [2.24, 2.45) is 0 Å². The third-order valence-corrected chi connectivity index (χ3v) is 5.38. The standard InChI is InChI=1S/C23H26BrN3O3/c1-2-3-4-7-14-30-21-11-10-18(15-19(21)24)23(29)26-25-22(28)16-27-13-12-17-8-5-6-9-20(17)27/h5-6,8-13,15H,2-4,7,14,16H2,1H3,(H,25,28)(H,26,29). The second-order valence-electron chi connectivity index (χ2n) is 7.06. The predicted octanol–water partition coefficient (Wildman–Crippen LogP) is 4.82. The van der Waals surface area contributed by atoms with Gasteiger partial charge in [-0.2, -0.15) is 0 Å². The van der Waals surface area contributed by atoms with Crippen molar-refractivity contribution in [2.45, 2.75) is 39.2 Å². The summed E-state index contributed by atoms with van der Waals surface area (Å²) in [6, 6.07) is 14.9. The first-order valence-corrected chi connectivity index (χ1v) is 10.9. The maximum Gasteiger partial charge on any atom is 0.269 e. The number of para-hydroxylation sites is 1. The topological polar surface area (TPSA) is 72.4 Å². The molecule has 1 aromatic heterocycles. The predicted molar refractivity (Wildman–Crippen MR) is 121 cm³/mol. The van der Waals surface area contributed by atoms with Gasteiger partial charge in [0, 0.05) is 17.3 Å². The number of rotatable bonds is 9. The number of carbonyl (C=O) groups is 2. The number of unbranched alkanes of at least 4 members (excludes halogenated alkanes) is 3. The molecule has 3 rings (SSSR count). The van der Waals surface area contributed by atoms with Crippen LogP contribution in [0, 0.1) is 0 Å². The number of aromatic nitrogens is 1. The Labute approximate surface area is 184 Å². The monoisotopic (exact) mass is 471 g/mol. The quantitative estimate of drug-likeness (QED) is 0.346. The molecule has 0 radical (unpaired) electrons. The summed E-state index contributed by atoms with van der Waals surface area (Å²) in [7, 11) is 0. The van der Waals surface area contributed by atoms with Crippen molar-refractivity contribution >= 4 is 38.6 Å². The summed E-state index contributed by atoms with van der Waals surface area (Å²) >= 11 is 3.45. The number of amides is 2. The maximum absolute atomic E-state index is 12.4. The van der Waals surface area contributed by atoms with Gasteiger partial charge in [0.05, 0.1) is 11.1 Å². The van der Waals surface area contributed by atoms with E-state index in [0.29, 0.717) is 22.4 Å². The Balaban J connectivity index is 1.49. The van der Waals surface area contributed by atoms with E-state index in [-0.39, 0.29) is 12.5 Å². The van der Waals surface area contributed by atoms with Gasteiger partial charge in [-0.1, -0.05) is 44.4 Å². The number of ether oxygens (including phenoxy) is 1. The molecule has 0 spiro atoms. The highest BCUT2D eigenvalue weighted by molar-refractivity contribution is 9.10. The number of nitrogens with zero attached hydrogens (tertiary/aromatic N) is 1. The Morgan fingerprint density at radius 1 is 1.03 bits per heavy atom. The minimum absolute atomic E-state index is 0.113. The molecule has 0 atom stereocenters. The van der Waals surface area contributed by atoms with Crippen LogP contribution in [0.15, 0.2) is 59.2 Å². The van der Waals surface area contributed by atoms with Crippen molar-refractivity contribution < 1.29 is 14.3 Å². The van der Waals surface area contributed by atoms with Gasteiger partial charge >= 0.3 is 0 Å². The Morgan fingerprint density at radius 3 is 2.67 bits per heavy atom. The van der Waals surface area contributed by atoms with Gasteiger partial charge in [0.2, 0.25) is 0 Å². The van der Waals surface area contributed by atoms with Crippen LogP contribution in [0.1, 0.15) is 43.0 Å². The van der Waals surface area contributed by atoms with Gasteiger partial charge in [0.15, 0.2) is 0 Å². The number of fused-ring (bicyclic) bond motifs is 1. The van der Waals surface area contributed by atoms with Gasteiger partial charge in [-0.15, -0.1) is 0 Å². The molecule has 0 aliphatic rings. The molecule has 2 N–H and O–H groups in total. The highest BCUT2D eigenvalue weighted by Crippen LogP contribution is 2.26. The van der Waals surface area contributed by atoms with E-state index in [1.807, 2.05) is 41.1 Å². The number of carbonyl (C=O) groups excluding carboxylic acids is 2. The van der Waals surface area contributed by atoms with Gasteiger partial charge in [-0.3, -0.25) is 20.4 Å². The smallest absolute Gasteiger partial charge is 0.269 e. The summed E-state index contributed by atoms with van der Waals surface area (Å²) in [5, 5.41) is 1.06. The fourth-order valence-electron chi connectivity index (χ4n) is 3.14. The van der Waals surface area contributed by atoms with E-state index < -0.39 is 5.91 Å². The number of nitrogens with one attached hydrogen (secondary N) is 2. The molecule has 0 bridgehead atoms. The SMILES string of the molecule is CCCCCCOc1ccc(C(=O)NNC(=O)Cn2ccc3ccccc32)cc1Br. The summed E-state index contributed by atoms with van der Waals surface area (Å²) in [5.74, 6) is -0.00159. The molecule has 158 valence electrons. The minimum Gasteiger partial charge on any atom is -0.492 e. The van der Waals surface area contributed by atoms with E-state index in [1.54, 1.807) is 18.2 Å². The normalized spacial score (nSPS) is 10.7. The summed E-state index contributed by atoms with van der Waals surface area (Å²) < 4.78 is 8.30. The number of halogens is 1. The Bertz CT molecular complexity index is 1020. The minimum atomic E-state index is -0.393. The summed E-state index contributed by atoms with van der Waals surface area (Å²) in [5.41, 5.74) is 6.31. The number of benzene rings is 2. The van der Waals surface area contributed by atoms with Crippen LogP contribution in [0.3, 0.4) is 0 Å². The van der Waals surface area contributed by atoms with Crippen LogP contribution in [0.4, 0.5) is 0 Å². The van der Waals surface area contributed by atoms with Crippen molar-refractivity contribution in [3.8, 4) is 5.75 Å². The number of hydrogen-bond donors (Lipinski definition) is 2. The van der Waals surface area contributed by atoms with Crippen LogP contribution < -0.4 is 15.6 Å². The van der Waals surface area contributed by atoms with Gasteiger partial charge in [-0.05, 0) is 58.1 Å². The lowest BCUT2D eigenvalue weighted by Gasteiger charge is -2.11. The Hall–Kier alpha value is -2.80. The van der Waals surface area contributed by atoms with E-state index in [2.05, 4.69) is 33.7 Å². The molecular weight excluding hydrogens is 446 g/mol. The highest BCUT2D eigenvalue weighted by atomic mass is 79.9. The fraction of sp³-hybridized carbons (Fsp3) is 0.304. The molecule has 0 aliphatic carbocycles. The summed E-state index contributed by atoms with van der Waals surface area (Å²) in [6.45, 7) is 2.93. The number of hydrazine groups is 1. The first kappa shape index (κ1) is 21.9. The zero-order valence-corrected chi connectivity index (χ0v) is 18.6. The maximum atomic E-state index is 12.4. The molecule has 0 saturated heterocycles. The molecule has 0 fully saturated rings. The zero-order valence-electron chi connectivity index (χ0n) is 17.0. The molecule has 2 amide bonds. The van der Waals surface area contributed by atoms with Crippen molar-refractivity contribution in [2.75, 3.05) is 6.61 Å². The molecule has 0 unspecified atom stereocenters. The highest BCUT2D eigenvalue weighted by Gasteiger charge is 2.11. The molecule has 6 nitrogen and oxygen atoms in total. The average Bonchev–Trinajstić information content (AvgIpc) is 3.15. The van der Waals surface area contributed by atoms with Crippen LogP contribution in [-0.2, 0) is 11.3 Å². The zero-order chi connectivity index (χ0) is 21.3. The third kappa shape index (κ3) is 5.86. The molecule has 0 aliphatic heterocycles. The summed E-state index contributed by atoms with van der Waals surface area (Å²) in [4.78, 5) is 24.6. The third-order valence-electron chi connectivity index (χ3n) is 4.76. The lowest BCUT2D eigenvalue weighted by atomic mass is 10.2. The lowest BCUT2D eigenvalue weighted by Crippen LogP contribution is -2.43. The fourth-order valence-corrected chi connectivity index (χ4v) is 3.63. The van der Waals surface area contributed by atoms with Crippen molar-refractivity contribution in [3.63, 3.8) is 0 Å². The van der Waals surface area contributed by atoms with Gasteiger partial charge in [0.25, 0.3) is 11.8 Å². The molecule has 0 saturated carbocycles. The first-order valence-electron chi connectivity index (χ1n) is 10.1. The van der Waals surface area contributed by atoms with E-state index in [9.17, 15) is 9.59 Å². The average molecular weight is 472 g/mol. The van der Waals surface area contributed by atoms with Crippen LogP contribution in [0.2, 0.25) is 0 Å². The Morgan fingerprint density at radius 2 is 1.87 bits per heavy atom. The van der Waals surface area contributed by atoms with E-state index in [0.717, 1.165) is 23.7 Å². The summed E-state index contributed by atoms with van der Waals surface area (Å²) in [6.07, 6.45) is 6.39. The Kier molecular flexibility index (Phi) is 7.90. The van der Waals surface area contributed by atoms with Crippen LogP contribution in [0.25, 0.3) is 10.9 Å². The van der Waals surface area contributed by atoms with Crippen LogP contribution in [0.5, 0.6) is 5.75 Å². The van der Waals surface area contributed by atoms with Crippen LogP contribution in [-0.4, -0.2) is 23.0 Å². The largest absolute Gasteiger partial charge is 0.492 e. The van der Waals surface area contributed by atoms with Gasteiger partial charge in [-0.25, -0.2) is 0 Å². The molecular formula is C23H26BrN3O3. The van der Waals surface area contributed by atoms with Crippen molar-refractivity contribution in [3.05, 3.63) is 64.8 Å². The van der Waals surface area contributed by atoms with Gasteiger partial charge in [0.1, 0.15) is 12.3 Å². The van der Waals surface area contributed by atoms with E-state index in [4.69, 9.17) is 4.74 Å². The molecule has 1 heterocycles. The second kappa shape index (κ2) is 10.8. The molecule has 2 aromatic carbocycles. The lowest BCUT2D eigenvalue weighted by molar-refractivity contribution is -0.122. The van der Waals surface area contributed by atoms with Gasteiger partial charge < -0.3 is 9.30 Å². The van der Waals surface area contributed by atoms with E-state index in [1.165, 1.54) is 12.8 Å². The second-order valence-corrected chi connectivity index (χ2v) is 7.91.